The Labute approximate surface area is 259 Å². The Balaban J connectivity index is 1.49. The summed E-state index contributed by atoms with van der Waals surface area (Å²) in [4.78, 5) is 45.3. The van der Waals surface area contributed by atoms with Crippen molar-refractivity contribution < 1.29 is 19.5 Å². The second-order valence-corrected chi connectivity index (χ2v) is 11.3. The van der Waals surface area contributed by atoms with Crippen molar-refractivity contribution in [3.8, 4) is 5.75 Å². The molecule has 0 unspecified atom stereocenters. The van der Waals surface area contributed by atoms with Gasteiger partial charge in [-0.15, -0.1) is 6.58 Å². The van der Waals surface area contributed by atoms with Crippen LogP contribution in [0.15, 0.2) is 97.6 Å². The van der Waals surface area contributed by atoms with E-state index in [0.717, 1.165) is 36.0 Å². The molecule has 44 heavy (non-hydrogen) atoms. The van der Waals surface area contributed by atoms with Gasteiger partial charge in [0.2, 0.25) is 11.8 Å². The number of phenolic OH excluding ortho intramolecular Hbond substituents is 1. The Morgan fingerprint density at radius 3 is 2.36 bits per heavy atom. The van der Waals surface area contributed by atoms with Crippen LogP contribution >= 0.6 is 0 Å². The summed E-state index contributed by atoms with van der Waals surface area (Å²) in [6.07, 6.45) is 4.10. The summed E-state index contributed by atoms with van der Waals surface area (Å²) in [5, 5.41) is 16.2. The molecule has 0 bridgehead atoms. The average molecular weight is 596 g/mol. The van der Waals surface area contributed by atoms with Crippen LogP contribution in [-0.4, -0.2) is 74.6 Å². The summed E-state index contributed by atoms with van der Waals surface area (Å²) in [6, 6.07) is 25.1. The molecule has 0 aromatic heterocycles. The highest BCUT2D eigenvalue weighted by Gasteiger charge is 2.53. The maximum atomic E-state index is 14.4. The molecule has 2 aliphatic heterocycles. The van der Waals surface area contributed by atoms with E-state index in [0.29, 0.717) is 13.0 Å². The first-order valence-electron chi connectivity index (χ1n) is 15.3. The zero-order valence-electron chi connectivity index (χ0n) is 25.2. The standard InChI is InChI=1S/C35H41N5O4/c1-3-5-16-30(28-14-10-7-11-15-28)37-24-32-39(38(21-4-2)35(44)36-23-27-12-8-6-9-13-27)25-33(42)40(32)31(34(37)43)22-26-17-19-29(41)20-18-26/h4,6-15,17-20,30-32,41H,2-3,5,16,21-25H2,1H3,(H,36,44)/t30-,31-,32+/m0/s1. The molecule has 9 nitrogen and oxygen atoms in total. The summed E-state index contributed by atoms with van der Waals surface area (Å²) in [7, 11) is 0. The molecule has 0 radical (unpaired) electrons. The number of aromatic hydroxyl groups is 1. The Kier molecular flexibility index (Phi) is 9.96. The molecule has 2 aliphatic rings. The summed E-state index contributed by atoms with van der Waals surface area (Å²) < 4.78 is 0. The Hall–Kier alpha value is -4.63. The van der Waals surface area contributed by atoms with Crippen LogP contribution < -0.4 is 5.32 Å². The molecule has 3 aromatic rings. The molecule has 4 amide bonds. The number of hydrazine groups is 1. The number of fused-ring (bicyclic) bond motifs is 1. The average Bonchev–Trinajstić information content (AvgIpc) is 3.37. The van der Waals surface area contributed by atoms with E-state index in [2.05, 4.69) is 18.8 Å². The van der Waals surface area contributed by atoms with Crippen LogP contribution in [0, 0.1) is 0 Å². The van der Waals surface area contributed by atoms with E-state index in [1.165, 1.54) is 5.01 Å². The van der Waals surface area contributed by atoms with Gasteiger partial charge in [0.15, 0.2) is 0 Å². The van der Waals surface area contributed by atoms with Gasteiger partial charge in [-0.1, -0.05) is 98.6 Å². The summed E-state index contributed by atoms with van der Waals surface area (Å²) in [6.45, 7) is 6.77. The van der Waals surface area contributed by atoms with E-state index in [1.54, 1.807) is 40.3 Å². The molecule has 0 saturated carbocycles. The van der Waals surface area contributed by atoms with Crippen LogP contribution in [0.3, 0.4) is 0 Å². The van der Waals surface area contributed by atoms with Gasteiger partial charge in [0.1, 0.15) is 18.0 Å². The SMILES string of the molecule is C=CCN(C(=O)NCc1ccccc1)N1CC(=O)N2[C@@H](Cc3ccc(O)cc3)C(=O)N([C@@H](CCCC)c3ccccc3)C[C@@H]21. The van der Waals surface area contributed by atoms with Crippen molar-refractivity contribution in [1.82, 2.24) is 25.1 Å². The van der Waals surface area contributed by atoms with Crippen molar-refractivity contribution in [2.24, 2.45) is 0 Å². The maximum absolute atomic E-state index is 14.4. The fraction of sp³-hybridized carbons (Fsp3) is 0.343. The molecular weight excluding hydrogens is 554 g/mol. The van der Waals surface area contributed by atoms with E-state index in [4.69, 9.17) is 0 Å². The van der Waals surface area contributed by atoms with Gasteiger partial charge < -0.3 is 20.2 Å². The van der Waals surface area contributed by atoms with E-state index >= 15 is 0 Å². The molecule has 0 spiro atoms. The zero-order valence-corrected chi connectivity index (χ0v) is 25.2. The summed E-state index contributed by atoms with van der Waals surface area (Å²) >= 11 is 0. The maximum Gasteiger partial charge on any atom is 0.332 e. The van der Waals surface area contributed by atoms with Crippen LogP contribution in [0.1, 0.15) is 48.9 Å². The van der Waals surface area contributed by atoms with Crippen molar-refractivity contribution in [2.45, 2.75) is 57.4 Å². The minimum Gasteiger partial charge on any atom is -0.508 e. The van der Waals surface area contributed by atoms with Crippen molar-refractivity contribution in [1.29, 1.82) is 0 Å². The number of nitrogens with zero attached hydrogens (tertiary/aromatic N) is 4. The lowest BCUT2D eigenvalue weighted by Gasteiger charge is -2.48. The summed E-state index contributed by atoms with van der Waals surface area (Å²) in [5.41, 5.74) is 2.84. The molecule has 2 fully saturated rings. The fourth-order valence-electron chi connectivity index (χ4n) is 6.21. The van der Waals surface area contributed by atoms with E-state index in [1.807, 2.05) is 65.6 Å². The van der Waals surface area contributed by atoms with Gasteiger partial charge in [-0.2, -0.15) is 5.01 Å². The first-order valence-corrected chi connectivity index (χ1v) is 15.3. The van der Waals surface area contributed by atoms with Crippen molar-refractivity contribution in [2.75, 3.05) is 19.6 Å². The van der Waals surface area contributed by atoms with Crippen LogP contribution in [0.5, 0.6) is 5.75 Å². The molecule has 0 aliphatic carbocycles. The minimum atomic E-state index is -0.762. The third kappa shape index (κ3) is 6.78. The van der Waals surface area contributed by atoms with Crippen LogP contribution in [-0.2, 0) is 22.6 Å². The third-order valence-electron chi connectivity index (χ3n) is 8.40. The molecule has 2 N–H and O–H groups in total. The van der Waals surface area contributed by atoms with Gasteiger partial charge in [-0.05, 0) is 35.2 Å². The van der Waals surface area contributed by atoms with Gasteiger partial charge in [0.25, 0.3) is 0 Å². The molecule has 3 atom stereocenters. The highest BCUT2D eigenvalue weighted by molar-refractivity contribution is 5.92. The van der Waals surface area contributed by atoms with Crippen molar-refractivity contribution in [3.63, 3.8) is 0 Å². The Morgan fingerprint density at radius 2 is 1.70 bits per heavy atom. The fourth-order valence-corrected chi connectivity index (χ4v) is 6.21. The number of urea groups is 1. The van der Waals surface area contributed by atoms with E-state index in [9.17, 15) is 19.5 Å². The summed E-state index contributed by atoms with van der Waals surface area (Å²) in [5.74, 6) is -0.184. The van der Waals surface area contributed by atoms with E-state index < -0.39 is 12.2 Å². The predicted molar refractivity (Wildman–Crippen MR) is 169 cm³/mol. The number of carbonyl (C=O) groups is 3. The van der Waals surface area contributed by atoms with Gasteiger partial charge in [0.05, 0.1) is 25.7 Å². The normalized spacial score (nSPS) is 19.0. The number of carbonyl (C=O) groups excluding carboxylic acids is 3. The molecule has 5 rings (SSSR count). The first kappa shape index (κ1) is 30.8. The number of piperazine rings is 1. The molecular formula is C35H41N5O4. The Morgan fingerprint density at radius 1 is 1.02 bits per heavy atom. The van der Waals surface area contributed by atoms with Gasteiger partial charge >= 0.3 is 6.03 Å². The number of amides is 4. The van der Waals surface area contributed by atoms with Gasteiger partial charge in [-0.3, -0.25) is 14.6 Å². The molecule has 9 heteroatoms. The monoisotopic (exact) mass is 595 g/mol. The number of benzene rings is 3. The quantitative estimate of drug-likeness (QED) is 0.292. The Bertz CT molecular complexity index is 1430. The molecule has 230 valence electrons. The van der Waals surface area contributed by atoms with Gasteiger partial charge in [0, 0.05) is 13.0 Å². The number of phenols is 1. The second kappa shape index (κ2) is 14.2. The molecule has 2 heterocycles. The number of unbranched alkanes of at least 4 members (excludes halogenated alkanes) is 1. The second-order valence-electron chi connectivity index (χ2n) is 11.3. The lowest BCUT2D eigenvalue weighted by molar-refractivity contribution is -0.160. The van der Waals surface area contributed by atoms with Crippen LogP contribution in [0.25, 0.3) is 0 Å². The predicted octanol–water partition coefficient (Wildman–Crippen LogP) is 4.86. The first-order chi connectivity index (χ1) is 21.4. The number of rotatable bonds is 12. The highest BCUT2D eigenvalue weighted by Crippen LogP contribution is 2.36. The van der Waals surface area contributed by atoms with Crippen molar-refractivity contribution in [3.05, 3.63) is 114 Å². The lowest BCUT2D eigenvalue weighted by Crippen LogP contribution is -2.66. The molecule has 3 aromatic carbocycles. The minimum absolute atomic E-state index is 0.0323. The largest absolute Gasteiger partial charge is 0.508 e. The third-order valence-corrected chi connectivity index (χ3v) is 8.40. The highest BCUT2D eigenvalue weighted by atomic mass is 16.3. The van der Waals surface area contributed by atoms with Crippen molar-refractivity contribution >= 4 is 17.8 Å². The smallest absolute Gasteiger partial charge is 0.332 e. The number of hydrogen-bond donors (Lipinski definition) is 2. The molecule has 2 saturated heterocycles. The topological polar surface area (TPSA) is 96.4 Å². The van der Waals surface area contributed by atoms with Gasteiger partial charge in [-0.25, -0.2) is 4.79 Å². The van der Waals surface area contributed by atoms with Crippen LogP contribution in [0.2, 0.25) is 0 Å². The lowest BCUT2D eigenvalue weighted by atomic mass is 9.94. The van der Waals surface area contributed by atoms with Crippen LogP contribution in [0.4, 0.5) is 4.79 Å². The van der Waals surface area contributed by atoms with E-state index in [-0.39, 0.29) is 49.3 Å². The number of hydrogen-bond acceptors (Lipinski definition) is 5. The number of nitrogens with one attached hydrogen (secondary N) is 1. The zero-order chi connectivity index (χ0) is 31.1.